The molecule has 1 amide bonds. The van der Waals surface area contributed by atoms with E-state index in [-0.39, 0.29) is 12.3 Å². The minimum absolute atomic E-state index is 0.222. The molecule has 0 bridgehead atoms. The number of carbonyl (C=O) groups excluding carboxylic acids is 1. The van der Waals surface area contributed by atoms with Gasteiger partial charge in [0.2, 0.25) is 5.91 Å². The first-order chi connectivity index (χ1) is 5.93. The van der Waals surface area contributed by atoms with Gasteiger partial charge in [-0.15, -0.1) is 0 Å². The molecule has 0 aliphatic heterocycles. The molecule has 0 saturated carbocycles. The smallest absolute Gasteiger partial charge is 0.265 e. The van der Waals surface area contributed by atoms with E-state index in [0.29, 0.717) is 13.0 Å². The number of carbonyl (C=O) groups is 1. The van der Waals surface area contributed by atoms with Crippen molar-refractivity contribution >= 4 is 5.91 Å². The van der Waals surface area contributed by atoms with Crippen LogP contribution in [0.3, 0.4) is 0 Å². The van der Waals surface area contributed by atoms with E-state index in [9.17, 15) is 13.6 Å². The first kappa shape index (κ1) is 12.3. The molecule has 0 aromatic heterocycles. The number of alkyl halides is 2. The van der Waals surface area contributed by atoms with Crippen LogP contribution < -0.4 is 0 Å². The average Bonchev–Trinajstić information content (AvgIpc) is 2.03. The molecule has 0 heterocycles. The van der Waals surface area contributed by atoms with Gasteiger partial charge in [0.05, 0.1) is 6.54 Å². The summed E-state index contributed by atoms with van der Waals surface area (Å²) >= 11 is 0. The van der Waals surface area contributed by atoms with Crippen molar-refractivity contribution in [3.8, 4) is 0 Å². The van der Waals surface area contributed by atoms with Gasteiger partial charge in [-0.25, -0.2) is 8.78 Å². The van der Waals surface area contributed by atoms with Crippen LogP contribution in [0.15, 0.2) is 0 Å². The maximum Gasteiger partial charge on any atom is 0.265 e. The molecule has 0 aliphatic rings. The second-order valence-corrected chi connectivity index (χ2v) is 3.15. The van der Waals surface area contributed by atoms with Gasteiger partial charge in [-0.05, 0) is 6.42 Å². The molecule has 13 heavy (non-hydrogen) atoms. The minimum Gasteiger partial charge on any atom is -0.337 e. The predicted octanol–water partition coefficient (Wildman–Crippen LogP) is 2.29. The summed E-state index contributed by atoms with van der Waals surface area (Å²) in [6, 6.07) is 0. The molecule has 0 unspecified atom stereocenters. The average molecular weight is 193 g/mol. The van der Waals surface area contributed by atoms with Crippen LogP contribution >= 0.6 is 0 Å². The van der Waals surface area contributed by atoms with Gasteiger partial charge in [0.1, 0.15) is 0 Å². The van der Waals surface area contributed by atoms with Crippen LogP contribution in [0.2, 0.25) is 0 Å². The Morgan fingerprint density at radius 1 is 1.38 bits per heavy atom. The van der Waals surface area contributed by atoms with Gasteiger partial charge in [-0.1, -0.05) is 13.8 Å². The first-order valence-electron chi connectivity index (χ1n) is 4.56. The Labute approximate surface area is 77.9 Å². The summed E-state index contributed by atoms with van der Waals surface area (Å²) in [5, 5.41) is 0. The molecule has 0 rings (SSSR count). The quantitative estimate of drug-likeness (QED) is 0.656. The van der Waals surface area contributed by atoms with Crippen molar-refractivity contribution in [2.45, 2.75) is 39.5 Å². The summed E-state index contributed by atoms with van der Waals surface area (Å²) in [7, 11) is 0. The lowest BCUT2D eigenvalue weighted by atomic mass is 10.2. The molecule has 0 saturated heterocycles. The summed E-state index contributed by atoms with van der Waals surface area (Å²) in [5.41, 5.74) is 0. The zero-order valence-corrected chi connectivity index (χ0v) is 8.44. The topological polar surface area (TPSA) is 20.3 Å². The lowest BCUT2D eigenvalue weighted by Crippen LogP contribution is -2.39. The van der Waals surface area contributed by atoms with Gasteiger partial charge in [0.25, 0.3) is 5.92 Å². The summed E-state index contributed by atoms with van der Waals surface area (Å²) in [6.07, 6.45) is 0.486. The first-order valence-corrected chi connectivity index (χ1v) is 4.56. The maximum atomic E-state index is 12.9. The third-order valence-electron chi connectivity index (χ3n) is 1.88. The lowest BCUT2D eigenvalue weighted by molar-refractivity contribution is -0.134. The van der Waals surface area contributed by atoms with E-state index in [1.807, 2.05) is 6.92 Å². The summed E-state index contributed by atoms with van der Waals surface area (Å²) < 4.78 is 25.8. The number of hydrogen-bond donors (Lipinski definition) is 0. The van der Waals surface area contributed by atoms with Gasteiger partial charge in [0, 0.05) is 19.9 Å². The fourth-order valence-electron chi connectivity index (χ4n) is 1.01. The Kier molecular flexibility index (Phi) is 4.88. The van der Waals surface area contributed by atoms with Crippen molar-refractivity contribution in [2.75, 3.05) is 13.1 Å². The summed E-state index contributed by atoms with van der Waals surface area (Å²) in [6.45, 7) is 4.56. The number of amides is 1. The highest BCUT2D eigenvalue weighted by Crippen LogP contribution is 2.19. The van der Waals surface area contributed by atoms with E-state index in [0.717, 1.165) is 0 Å². The Hall–Kier alpha value is -0.670. The number of rotatable bonds is 5. The molecule has 0 atom stereocenters. The Balaban J connectivity index is 4.17. The van der Waals surface area contributed by atoms with Crippen molar-refractivity contribution in [1.29, 1.82) is 0 Å². The molecule has 0 radical (unpaired) electrons. The SMILES string of the molecule is CCCN(CC(F)(F)CC)C(C)=O. The Bertz CT molecular complexity index is 171. The van der Waals surface area contributed by atoms with Crippen molar-refractivity contribution in [1.82, 2.24) is 4.90 Å². The van der Waals surface area contributed by atoms with E-state index in [1.54, 1.807) is 0 Å². The van der Waals surface area contributed by atoms with Crippen molar-refractivity contribution in [2.24, 2.45) is 0 Å². The second-order valence-electron chi connectivity index (χ2n) is 3.15. The van der Waals surface area contributed by atoms with Crippen LogP contribution in [0.5, 0.6) is 0 Å². The van der Waals surface area contributed by atoms with Gasteiger partial charge < -0.3 is 4.90 Å². The zero-order valence-electron chi connectivity index (χ0n) is 8.44. The monoisotopic (exact) mass is 193 g/mol. The van der Waals surface area contributed by atoms with Crippen LogP contribution in [0, 0.1) is 0 Å². The van der Waals surface area contributed by atoms with Crippen molar-refractivity contribution in [3.63, 3.8) is 0 Å². The van der Waals surface area contributed by atoms with E-state index < -0.39 is 12.5 Å². The normalized spacial score (nSPS) is 11.5. The van der Waals surface area contributed by atoms with Crippen LogP contribution in [-0.2, 0) is 4.79 Å². The molecular weight excluding hydrogens is 176 g/mol. The standard InChI is InChI=1S/C9H17F2NO/c1-4-6-12(8(3)13)7-9(10,11)5-2/h4-7H2,1-3H3. The fourth-order valence-corrected chi connectivity index (χ4v) is 1.01. The zero-order chi connectivity index (χ0) is 10.5. The minimum atomic E-state index is -2.75. The third kappa shape index (κ3) is 4.80. The van der Waals surface area contributed by atoms with E-state index >= 15 is 0 Å². The predicted molar refractivity (Wildman–Crippen MR) is 47.8 cm³/mol. The molecule has 4 heteroatoms. The van der Waals surface area contributed by atoms with Gasteiger partial charge >= 0.3 is 0 Å². The Morgan fingerprint density at radius 3 is 2.23 bits per heavy atom. The molecule has 0 fully saturated rings. The number of halogens is 2. The van der Waals surface area contributed by atoms with E-state index in [1.165, 1.54) is 18.7 Å². The molecule has 0 spiro atoms. The molecule has 78 valence electrons. The number of hydrogen-bond acceptors (Lipinski definition) is 1. The molecule has 0 aromatic carbocycles. The third-order valence-corrected chi connectivity index (χ3v) is 1.88. The molecule has 2 nitrogen and oxygen atoms in total. The highest BCUT2D eigenvalue weighted by atomic mass is 19.3. The molecular formula is C9H17F2NO. The molecule has 0 aliphatic carbocycles. The molecule has 0 N–H and O–H groups in total. The highest BCUT2D eigenvalue weighted by molar-refractivity contribution is 5.73. The van der Waals surface area contributed by atoms with Gasteiger partial charge in [-0.3, -0.25) is 4.79 Å². The van der Waals surface area contributed by atoms with Crippen LogP contribution in [0.1, 0.15) is 33.6 Å². The largest absolute Gasteiger partial charge is 0.337 e. The number of nitrogens with zero attached hydrogens (tertiary/aromatic N) is 1. The summed E-state index contributed by atoms with van der Waals surface area (Å²) in [5.74, 6) is -3.03. The van der Waals surface area contributed by atoms with Crippen LogP contribution in [-0.4, -0.2) is 29.8 Å². The molecule has 0 aromatic rings. The van der Waals surface area contributed by atoms with Gasteiger partial charge in [-0.2, -0.15) is 0 Å². The second kappa shape index (κ2) is 5.14. The van der Waals surface area contributed by atoms with Crippen LogP contribution in [0.25, 0.3) is 0 Å². The van der Waals surface area contributed by atoms with Crippen molar-refractivity contribution in [3.05, 3.63) is 0 Å². The fraction of sp³-hybridized carbons (Fsp3) is 0.889. The Morgan fingerprint density at radius 2 is 1.92 bits per heavy atom. The van der Waals surface area contributed by atoms with E-state index in [4.69, 9.17) is 0 Å². The lowest BCUT2D eigenvalue weighted by Gasteiger charge is -2.25. The highest BCUT2D eigenvalue weighted by Gasteiger charge is 2.29. The summed E-state index contributed by atoms with van der Waals surface area (Å²) in [4.78, 5) is 12.1. The van der Waals surface area contributed by atoms with Crippen LogP contribution in [0.4, 0.5) is 8.78 Å². The maximum absolute atomic E-state index is 12.9. The van der Waals surface area contributed by atoms with Gasteiger partial charge in [0.15, 0.2) is 0 Å². The van der Waals surface area contributed by atoms with Crippen molar-refractivity contribution < 1.29 is 13.6 Å². The van der Waals surface area contributed by atoms with E-state index in [2.05, 4.69) is 0 Å².